The zero-order valence-electron chi connectivity index (χ0n) is 27.3. The molecule has 5 rings (SSSR count). The lowest BCUT2D eigenvalue weighted by atomic mass is 9.85. The summed E-state index contributed by atoms with van der Waals surface area (Å²) in [7, 11) is 3.71. The fraction of sp³-hybridized carbons (Fsp3) is 0.571. The van der Waals surface area contributed by atoms with Crippen molar-refractivity contribution in [1.29, 1.82) is 0 Å². The Bertz CT molecular complexity index is 1350. The topological polar surface area (TPSA) is 91.4 Å². The Hall–Kier alpha value is -3.59. The molecular formula is C35H48N4O5. The molecular weight excluding hydrogens is 556 g/mol. The summed E-state index contributed by atoms with van der Waals surface area (Å²) in [5.74, 6) is 1.41. The van der Waals surface area contributed by atoms with E-state index in [1.807, 2.05) is 17.0 Å². The van der Waals surface area contributed by atoms with Gasteiger partial charge in [0.25, 0.3) is 0 Å². The third-order valence-electron chi connectivity index (χ3n) is 9.31. The molecule has 0 bridgehead atoms. The average molecular weight is 605 g/mol. The Kier molecular flexibility index (Phi) is 8.73. The number of nitrogens with zero attached hydrogens (tertiary/aromatic N) is 3. The van der Waals surface area contributed by atoms with Gasteiger partial charge in [-0.25, -0.2) is 4.79 Å². The number of methoxy groups -OCH3 is 1. The smallest absolute Gasteiger partial charge is 0.408 e. The second-order valence-corrected chi connectivity index (χ2v) is 14.1. The molecule has 0 radical (unpaired) electrons. The summed E-state index contributed by atoms with van der Waals surface area (Å²) in [4.78, 5) is 46.5. The van der Waals surface area contributed by atoms with E-state index in [1.165, 1.54) is 18.4 Å². The third-order valence-corrected chi connectivity index (χ3v) is 9.31. The molecule has 2 heterocycles. The van der Waals surface area contributed by atoms with E-state index < -0.39 is 22.8 Å². The van der Waals surface area contributed by atoms with Crippen molar-refractivity contribution in [1.82, 2.24) is 20.0 Å². The van der Waals surface area contributed by atoms with Crippen molar-refractivity contribution < 1.29 is 23.9 Å². The van der Waals surface area contributed by atoms with E-state index in [1.54, 1.807) is 46.6 Å². The first-order valence-corrected chi connectivity index (χ1v) is 15.8. The van der Waals surface area contributed by atoms with Crippen LogP contribution in [-0.2, 0) is 20.7 Å². The first-order valence-electron chi connectivity index (χ1n) is 15.8. The van der Waals surface area contributed by atoms with E-state index in [0.717, 1.165) is 23.3 Å². The van der Waals surface area contributed by atoms with Gasteiger partial charge in [0, 0.05) is 19.6 Å². The number of amides is 3. The predicted molar refractivity (Wildman–Crippen MR) is 169 cm³/mol. The summed E-state index contributed by atoms with van der Waals surface area (Å²) in [5, 5.41) is 2.73. The number of carbonyl (C=O) groups is 3. The number of alkyl carbamates (subject to hydrolysis) is 1. The first kappa shape index (κ1) is 31.8. The molecule has 0 aromatic heterocycles. The maximum atomic E-state index is 14.4. The van der Waals surface area contributed by atoms with Crippen LogP contribution < -0.4 is 10.1 Å². The summed E-state index contributed by atoms with van der Waals surface area (Å²) in [6.45, 7) is 10.2. The molecule has 9 nitrogen and oxygen atoms in total. The molecule has 44 heavy (non-hydrogen) atoms. The molecule has 2 aromatic rings. The van der Waals surface area contributed by atoms with Gasteiger partial charge in [-0.3, -0.25) is 14.5 Å². The zero-order chi connectivity index (χ0) is 31.9. The molecule has 2 aliphatic heterocycles. The maximum Gasteiger partial charge on any atom is 0.408 e. The molecule has 3 aliphatic rings. The molecule has 3 fully saturated rings. The summed E-state index contributed by atoms with van der Waals surface area (Å²) in [6, 6.07) is 16.8. The normalized spacial score (nSPS) is 20.6. The van der Waals surface area contributed by atoms with Crippen LogP contribution in [-0.4, -0.2) is 83.1 Å². The lowest BCUT2D eigenvalue weighted by molar-refractivity contribution is -0.143. The van der Waals surface area contributed by atoms with Crippen LogP contribution in [0.25, 0.3) is 0 Å². The number of nitrogens with one attached hydrogen (secondary N) is 1. The summed E-state index contributed by atoms with van der Waals surface area (Å²) < 4.78 is 10.7. The van der Waals surface area contributed by atoms with Crippen molar-refractivity contribution in [3.05, 3.63) is 65.2 Å². The van der Waals surface area contributed by atoms with E-state index in [-0.39, 0.29) is 18.0 Å². The summed E-state index contributed by atoms with van der Waals surface area (Å²) in [6.07, 6.45) is 3.44. The van der Waals surface area contributed by atoms with Gasteiger partial charge in [-0.05, 0) is 109 Å². The minimum Gasteiger partial charge on any atom is -0.497 e. The van der Waals surface area contributed by atoms with Gasteiger partial charge in [0.2, 0.25) is 11.8 Å². The molecule has 1 aliphatic carbocycles. The van der Waals surface area contributed by atoms with Gasteiger partial charge < -0.3 is 24.6 Å². The largest absolute Gasteiger partial charge is 0.497 e. The number of benzene rings is 2. The second-order valence-electron chi connectivity index (χ2n) is 14.1. The van der Waals surface area contributed by atoms with E-state index in [9.17, 15) is 14.4 Å². The Morgan fingerprint density at radius 3 is 2.07 bits per heavy atom. The molecule has 1 spiro atoms. The van der Waals surface area contributed by atoms with Gasteiger partial charge in [0.15, 0.2) is 0 Å². The number of carbonyl (C=O) groups excluding carboxylic acids is 3. The van der Waals surface area contributed by atoms with Crippen molar-refractivity contribution in [3.63, 3.8) is 0 Å². The van der Waals surface area contributed by atoms with E-state index >= 15 is 0 Å². The van der Waals surface area contributed by atoms with Crippen LogP contribution >= 0.6 is 0 Å². The Morgan fingerprint density at radius 2 is 1.52 bits per heavy atom. The quantitative estimate of drug-likeness (QED) is 0.443. The van der Waals surface area contributed by atoms with Crippen LogP contribution in [0.4, 0.5) is 4.79 Å². The number of rotatable bonds is 8. The van der Waals surface area contributed by atoms with Crippen LogP contribution in [0.2, 0.25) is 0 Å². The SMILES string of the molecule is COc1ccc(CCN2C(=O)C3(CCN(C(=O)C(C)(C)NC(=O)OC(C)(C)C)CC3)N(C)C2c2ccc(C3CC3)cc2)cc1. The fourth-order valence-electron chi connectivity index (χ4n) is 6.65. The average Bonchev–Trinajstić information content (AvgIpc) is 3.81. The number of ether oxygens (including phenoxy) is 2. The first-order chi connectivity index (χ1) is 20.7. The molecule has 238 valence electrons. The highest BCUT2D eigenvalue weighted by Crippen LogP contribution is 2.46. The molecule has 1 saturated carbocycles. The number of likely N-dealkylation sites (N-methyl/N-ethyl adjacent to an activating group) is 1. The van der Waals surface area contributed by atoms with Crippen LogP contribution in [0.5, 0.6) is 5.75 Å². The molecule has 1 unspecified atom stereocenters. The van der Waals surface area contributed by atoms with Crippen LogP contribution in [0.15, 0.2) is 48.5 Å². The van der Waals surface area contributed by atoms with Crippen molar-refractivity contribution in [2.45, 2.75) is 95.5 Å². The van der Waals surface area contributed by atoms with E-state index in [2.05, 4.69) is 53.7 Å². The van der Waals surface area contributed by atoms with Crippen LogP contribution in [0.1, 0.15) is 89.1 Å². The van der Waals surface area contributed by atoms with E-state index in [4.69, 9.17) is 9.47 Å². The molecule has 2 aromatic carbocycles. The molecule has 3 amide bonds. The Morgan fingerprint density at radius 1 is 0.932 bits per heavy atom. The minimum absolute atomic E-state index is 0.114. The van der Waals surface area contributed by atoms with Crippen molar-refractivity contribution in [3.8, 4) is 5.75 Å². The van der Waals surface area contributed by atoms with Gasteiger partial charge in [0.1, 0.15) is 28.6 Å². The minimum atomic E-state index is -1.14. The van der Waals surface area contributed by atoms with Crippen molar-refractivity contribution in [2.75, 3.05) is 33.8 Å². The van der Waals surface area contributed by atoms with Gasteiger partial charge in [-0.2, -0.15) is 0 Å². The highest BCUT2D eigenvalue weighted by molar-refractivity contribution is 5.91. The van der Waals surface area contributed by atoms with Crippen molar-refractivity contribution >= 4 is 17.9 Å². The summed E-state index contributed by atoms with van der Waals surface area (Å²) in [5.41, 5.74) is 1.11. The fourth-order valence-corrected chi connectivity index (χ4v) is 6.65. The standard InChI is InChI=1S/C35H48N4O5/c1-33(2,3)44-32(42)36-34(4,5)30(40)38-22-19-35(20-23-38)31(41)39(21-18-24-8-16-28(43-7)17-9-24)29(37(35)6)27-14-12-26(13-15-27)25-10-11-25/h8-9,12-17,25,29H,10-11,18-23H2,1-7H3,(H,36,42). The van der Waals surface area contributed by atoms with Crippen molar-refractivity contribution in [2.24, 2.45) is 0 Å². The number of hydrogen-bond donors (Lipinski definition) is 1. The molecule has 9 heteroatoms. The Labute approximate surface area is 261 Å². The zero-order valence-corrected chi connectivity index (χ0v) is 27.3. The molecule has 1 N–H and O–H groups in total. The predicted octanol–water partition coefficient (Wildman–Crippen LogP) is 5.25. The van der Waals surface area contributed by atoms with Gasteiger partial charge in [0.05, 0.1) is 7.11 Å². The maximum absolute atomic E-state index is 14.4. The van der Waals surface area contributed by atoms with Gasteiger partial charge in [-0.1, -0.05) is 36.4 Å². The third kappa shape index (κ3) is 6.58. The van der Waals surface area contributed by atoms with Gasteiger partial charge in [-0.15, -0.1) is 0 Å². The Balaban J connectivity index is 1.33. The number of hydrogen-bond acceptors (Lipinski definition) is 6. The van der Waals surface area contributed by atoms with Gasteiger partial charge >= 0.3 is 6.09 Å². The van der Waals surface area contributed by atoms with Crippen LogP contribution in [0, 0.1) is 0 Å². The molecule has 1 atom stereocenters. The highest BCUT2D eigenvalue weighted by atomic mass is 16.6. The highest BCUT2D eigenvalue weighted by Gasteiger charge is 2.57. The summed E-state index contributed by atoms with van der Waals surface area (Å²) >= 11 is 0. The van der Waals surface area contributed by atoms with Crippen LogP contribution in [0.3, 0.4) is 0 Å². The monoisotopic (exact) mass is 604 g/mol. The lowest BCUT2D eigenvalue weighted by Gasteiger charge is -2.44. The molecule has 2 saturated heterocycles. The second kappa shape index (κ2) is 12.1. The lowest BCUT2D eigenvalue weighted by Crippen LogP contribution is -2.61. The van der Waals surface area contributed by atoms with E-state index in [0.29, 0.717) is 38.4 Å². The number of likely N-dealkylation sites (tertiary alicyclic amines) is 1. The number of piperidine rings is 1.